The lowest BCUT2D eigenvalue weighted by Crippen LogP contribution is -2.30. The van der Waals surface area contributed by atoms with Crippen molar-refractivity contribution in [1.29, 1.82) is 0 Å². The molecule has 0 bridgehead atoms. The molecular weight excluding hydrogens is 375 g/mol. The zero-order valence-corrected chi connectivity index (χ0v) is 15.6. The van der Waals surface area contributed by atoms with Gasteiger partial charge in [-0.05, 0) is 36.4 Å². The van der Waals surface area contributed by atoms with E-state index >= 15 is 0 Å². The van der Waals surface area contributed by atoms with Crippen molar-refractivity contribution in [2.45, 2.75) is 6.42 Å². The summed E-state index contributed by atoms with van der Waals surface area (Å²) in [5.74, 6) is 0.273. The number of carbonyl (C=O) groups excluding carboxylic acids is 1. The van der Waals surface area contributed by atoms with Gasteiger partial charge in [0, 0.05) is 25.6 Å². The van der Waals surface area contributed by atoms with E-state index < -0.39 is 0 Å². The highest BCUT2D eigenvalue weighted by Gasteiger charge is 2.18. The molecule has 0 spiro atoms. The van der Waals surface area contributed by atoms with E-state index in [-0.39, 0.29) is 11.7 Å². The van der Waals surface area contributed by atoms with Crippen LogP contribution in [0.2, 0.25) is 0 Å². The van der Waals surface area contributed by atoms with E-state index in [2.05, 4.69) is 20.3 Å². The number of para-hydroxylation sites is 1. The van der Waals surface area contributed by atoms with Crippen LogP contribution in [0.25, 0.3) is 17.1 Å². The summed E-state index contributed by atoms with van der Waals surface area (Å²) in [7, 11) is 1.70. The Labute approximate surface area is 165 Å². The predicted molar refractivity (Wildman–Crippen MR) is 102 cm³/mol. The number of amides is 1. The minimum Gasteiger partial charge on any atom is -0.341 e. The minimum absolute atomic E-state index is 0.167. The zero-order valence-electron chi connectivity index (χ0n) is 15.6. The molecule has 0 saturated carbocycles. The molecule has 1 amide bonds. The first-order chi connectivity index (χ1) is 14.1. The highest BCUT2D eigenvalue weighted by Crippen LogP contribution is 2.18. The van der Waals surface area contributed by atoms with Gasteiger partial charge in [0.1, 0.15) is 5.82 Å². The maximum absolute atomic E-state index is 13.0. The lowest BCUT2D eigenvalue weighted by molar-refractivity contribution is 0.0795. The van der Waals surface area contributed by atoms with Crippen LogP contribution >= 0.6 is 0 Å². The second-order valence-electron chi connectivity index (χ2n) is 6.34. The molecule has 4 rings (SSSR count). The molecule has 8 nitrogen and oxygen atoms in total. The molecule has 2 aromatic carbocycles. The quantitative estimate of drug-likeness (QED) is 0.501. The molecule has 146 valence electrons. The van der Waals surface area contributed by atoms with Crippen molar-refractivity contribution in [2.24, 2.45) is 0 Å². The molecule has 2 aromatic heterocycles. The fraction of sp³-hybridized carbons (Fsp3) is 0.150. The molecule has 0 aliphatic rings. The van der Waals surface area contributed by atoms with Gasteiger partial charge in [-0.3, -0.25) is 4.79 Å². The van der Waals surface area contributed by atoms with E-state index in [4.69, 9.17) is 4.52 Å². The van der Waals surface area contributed by atoms with Crippen molar-refractivity contribution >= 4 is 5.91 Å². The number of hydrogen-bond donors (Lipinski definition) is 0. The molecule has 0 aliphatic heterocycles. The third-order valence-corrected chi connectivity index (χ3v) is 4.35. The van der Waals surface area contributed by atoms with Crippen LogP contribution < -0.4 is 0 Å². The summed E-state index contributed by atoms with van der Waals surface area (Å²) in [6, 6.07) is 12.9. The van der Waals surface area contributed by atoms with Crippen LogP contribution in [0.4, 0.5) is 4.39 Å². The molecule has 2 heterocycles. The van der Waals surface area contributed by atoms with Gasteiger partial charge in [-0.1, -0.05) is 17.3 Å². The van der Waals surface area contributed by atoms with E-state index in [1.165, 1.54) is 16.9 Å². The lowest BCUT2D eigenvalue weighted by atomic mass is 10.1. The van der Waals surface area contributed by atoms with E-state index in [1.54, 1.807) is 54.7 Å². The van der Waals surface area contributed by atoms with E-state index in [1.807, 2.05) is 6.07 Å². The average Bonchev–Trinajstić information content (AvgIpc) is 3.44. The Balaban J connectivity index is 1.44. The fourth-order valence-corrected chi connectivity index (χ4v) is 2.81. The van der Waals surface area contributed by atoms with Crippen LogP contribution in [-0.2, 0) is 6.42 Å². The van der Waals surface area contributed by atoms with Gasteiger partial charge < -0.3 is 9.42 Å². The number of hydrogen-bond acceptors (Lipinski definition) is 6. The maximum Gasteiger partial charge on any atom is 0.257 e. The summed E-state index contributed by atoms with van der Waals surface area (Å²) in [6.45, 7) is 0.391. The standard InChI is InChI=1S/C20H17FN6O2/c1-26(20(28)16-4-2-3-5-17(16)27-22-11-12-23-27)13-10-18-24-19(29-25-18)14-6-8-15(21)9-7-14/h2-9,11-12H,10,13H2,1H3. The molecule has 0 saturated heterocycles. The Bertz CT molecular complexity index is 1110. The summed E-state index contributed by atoms with van der Waals surface area (Å²) in [6.07, 6.45) is 3.52. The Morgan fingerprint density at radius 2 is 1.83 bits per heavy atom. The minimum atomic E-state index is -0.334. The molecular formula is C20H17FN6O2. The molecule has 0 unspecified atom stereocenters. The predicted octanol–water partition coefficient (Wildman–Crippen LogP) is 2.77. The summed E-state index contributed by atoms with van der Waals surface area (Å²) in [5, 5.41) is 12.1. The Hall–Kier alpha value is -3.88. The summed E-state index contributed by atoms with van der Waals surface area (Å²) < 4.78 is 18.3. The number of benzene rings is 2. The van der Waals surface area contributed by atoms with Gasteiger partial charge in [0.25, 0.3) is 11.8 Å². The van der Waals surface area contributed by atoms with Crippen LogP contribution in [0, 0.1) is 5.82 Å². The molecule has 0 radical (unpaired) electrons. The van der Waals surface area contributed by atoms with Gasteiger partial charge >= 0.3 is 0 Å². The molecule has 0 atom stereocenters. The number of likely N-dealkylation sites (N-methyl/N-ethyl adjacent to an activating group) is 1. The smallest absolute Gasteiger partial charge is 0.257 e. The van der Waals surface area contributed by atoms with Gasteiger partial charge in [0.05, 0.1) is 23.6 Å². The van der Waals surface area contributed by atoms with Crippen LogP contribution in [0.3, 0.4) is 0 Å². The Morgan fingerprint density at radius 1 is 1.10 bits per heavy atom. The monoisotopic (exact) mass is 392 g/mol. The molecule has 0 fully saturated rings. The summed E-state index contributed by atoms with van der Waals surface area (Å²) in [4.78, 5) is 20.2. The SMILES string of the molecule is CN(CCc1noc(-c2ccc(F)cc2)n1)C(=O)c1ccccc1-n1nccn1. The third-order valence-electron chi connectivity index (χ3n) is 4.35. The van der Waals surface area contributed by atoms with Gasteiger partial charge in [-0.15, -0.1) is 0 Å². The normalized spacial score (nSPS) is 10.8. The Kier molecular flexibility index (Phi) is 5.10. The van der Waals surface area contributed by atoms with Crippen molar-refractivity contribution in [1.82, 2.24) is 30.0 Å². The second kappa shape index (κ2) is 8.01. The van der Waals surface area contributed by atoms with Crippen LogP contribution in [-0.4, -0.2) is 49.5 Å². The van der Waals surface area contributed by atoms with Gasteiger partial charge in [-0.2, -0.15) is 20.0 Å². The van der Waals surface area contributed by atoms with E-state index in [0.29, 0.717) is 41.5 Å². The maximum atomic E-state index is 13.0. The number of halogens is 1. The molecule has 4 aromatic rings. The highest BCUT2D eigenvalue weighted by atomic mass is 19.1. The fourth-order valence-electron chi connectivity index (χ4n) is 2.81. The van der Waals surface area contributed by atoms with Crippen LogP contribution in [0.15, 0.2) is 65.4 Å². The number of aromatic nitrogens is 5. The van der Waals surface area contributed by atoms with E-state index in [9.17, 15) is 9.18 Å². The molecule has 29 heavy (non-hydrogen) atoms. The van der Waals surface area contributed by atoms with Gasteiger partial charge in [-0.25, -0.2) is 4.39 Å². The van der Waals surface area contributed by atoms with Crippen molar-refractivity contribution in [3.63, 3.8) is 0 Å². The van der Waals surface area contributed by atoms with Gasteiger partial charge in [0.2, 0.25) is 0 Å². The third kappa shape index (κ3) is 4.03. The van der Waals surface area contributed by atoms with Crippen LogP contribution in [0.5, 0.6) is 0 Å². The second-order valence-corrected chi connectivity index (χ2v) is 6.34. The first kappa shape index (κ1) is 18.5. The number of nitrogens with zero attached hydrogens (tertiary/aromatic N) is 6. The topological polar surface area (TPSA) is 89.9 Å². The molecule has 0 N–H and O–H groups in total. The molecule has 9 heteroatoms. The number of rotatable bonds is 6. The molecule has 0 aliphatic carbocycles. The first-order valence-corrected chi connectivity index (χ1v) is 8.91. The summed E-state index contributed by atoms with van der Waals surface area (Å²) >= 11 is 0. The largest absolute Gasteiger partial charge is 0.341 e. The van der Waals surface area contributed by atoms with E-state index in [0.717, 1.165) is 0 Å². The average molecular weight is 392 g/mol. The highest BCUT2D eigenvalue weighted by molar-refractivity contribution is 5.97. The van der Waals surface area contributed by atoms with Crippen molar-refractivity contribution in [2.75, 3.05) is 13.6 Å². The summed E-state index contributed by atoms with van der Waals surface area (Å²) in [5.41, 5.74) is 1.73. The first-order valence-electron chi connectivity index (χ1n) is 8.91. The van der Waals surface area contributed by atoms with Crippen molar-refractivity contribution in [3.8, 4) is 17.1 Å². The zero-order chi connectivity index (χ0) is 20.2. The van der Waals surface area contributed by atoms with Gasteiger partial charge in [0.15, 0.2) is 5.82 Å². The van der Waals surface area contributed by atoms with Crippen molar-refractivity contribution < 1.29 is 13.7 Å². The lowest BCUT2D eigenvalue weighted by Gasteiger charge is -2.17. The Morgan fingerprint density at radius 3 is 2.59 bits per heavy atom. The van der Waals surface area contributed by atoms with Crippen LogP contribution in [0.1, 0.15) is 16.2 Å². The van der Waals surface area contributed by atoms with Crippen molar-refractivity contribution in [3.05, 3.63) is 78.1 Å². The number of carbonyl (C=O) groups is 1.